The topological polar surface area (TPSA) is 136 Å². The molecule has 5 rings (SSSR count). The molecule has 2 N–H and O–H groups in total. The van der Waals surface area contributed by atoms with Crippen LogP contribution in [-0.4, -0.2) is 69.8 Å². The van der Waals surface area contributed by atoms with Gasteiger partial charge in [-0.25, -0.2) is 0 Å². The molecule has 2 bridgehead atoms. The van der Waals surface area contributed by atoms with E-state index in [1.54, 1.807) is 27.7 Å². The van der Waals surface area contributed by atoms with E-state index < -0.39 is 82.1 Å². The maximum Gasteiger partial charge on any atom is 0.306 e. The average Bonchev–Trinajstić information content (AvgIpc) is 2.90. The van der Waals surface area contributed by atoms with E-state index in [-0.39, 0.29) is 24.2 Å². The quantitative estimate of drug-likeness (QED) is 0.514. The monoisotopic (exact) mass is 568 g/mol. The number of esters is 2. The fourth-order valence-corrected chi connectivity index (χ4v) is 8.11. The molecular formula is C32H40O9. The highest BCUT2D eigenvalue weighted by molar-refractivity contribution is 6.02. The van der Waals surface area contributed by atoms with Gasteiger partial charge in [-0.3, -0.25) is 19.2 Å². The molecule has 1 saturated heterocycles. The van der Waals surface area contributed by atoms with E-state index in [4.69, 9.17) is 14.2 Å². The summed E-state index contributed by atoms with van der Waals surface area (Å²) in [6, 6.07) is 9.41. The van der Waals surface area contributed by atoms with Crippen molar-refractivity contribution in [2.24, 2.45) is 22.7 Å². The summed E-state index contributed by atoms with van der Waals surface area (Å²) in [7, 11) is 0. The maximum atomic E-state index is 14.5. The molecule has 3 fully saturated rings. The van der Waals surface area contributed by atoms with Crippen molar-refractivity contribution < 1.29 is 43.6 Å². The second-order valence-electron chi connectivity index (χ2n) is 13.1. The number of fused-ring (bicyclic) bond motifs is 5. The van der Waals surface area contributed by atoms with Crippen LogP contribution in [0.25, 0.3) is 0 Å². The summed E-state index contributed by atoms with van der Waals surface area (Å²) in [6.45, 7) is 9.59. The first kappa shape index (κ1) is 29.6. The van der Waals surface area contributed by atoms with Gasteiger partial charge in [0.25, 0.3) is 0 Å². The number of hydrogen-bond acceptors (Lipinski definition) is 9. The number of rotatable bonds is 5. The Bertz CT molecular complexity index is 1320. The predicted octanol–water partition coefficient (Wildman–Crippen LogP) is 2.88. The van der Waals surface area contributed by atoms with Crippen LogP contribution >= 0.6 is 0 Å². The largest absolute Gasteiger partial charge is 0.459 e. The van der Waals surface area contributed by atoms with Gasteiger partial charge in [0.2, 0.25) is 0 Å². The Hall–Kier alpha value is -2.88. The van der Waals surface area contributed by atoms with E-state index >= 15 is 0 Å². The number of aliphatic hydroxyl groups is 2. The molecule has 8 atom stereocenters. The SMILES string of the molecule is CC(=O)OC12COC1C[C@H](C)[C@@]1(C)C(=O)C(O)C3=C(C)C(=O)CC(O)(C(OC(=O)CCc4ccccc4)C21)C3(C)C. The van der Waals surface area contributed by atoms with Crippen molar-refractivity contribution >= 4 is 23.5 Å². The van der Waals surface area contributed by atoms with Gasteiger partial charge < -0.3 is 24.4 Å². The summed E-state index contributed by atoms with van der Waals surface area (Å²) >= 11 is 0. The Morgan fingerprint density at radius 1 is 1.12 bits per heavy atom. The third-order valence-corrected chi connectivity index (χ3v) is 10.7. The summed E-state index contributed by atoms with van der Waals surface area (Å²) in [5, 5.41) is 24.4. The zero-order valence-corrected chi connectivity index (χ0v) is 24.6. The molecule has 0 aromatic heterocycles. The number of hydrogen-bond donors (Lipinski definition) is 2. The number of carbonyl (C=O) groups excluding carboxylic acids is 4. The van der Waals surface area contributed by atoms with Gasteiger partial charge in [0.1, 0.15) is 23.9 Å². The molecule has 1 aliphatic heterocycles. The van der Waals surface area contributed by atoms with E-state index in [0.717, 1.165) is 5.56 Å². The number of benzene rings is 1. The fourth-order valence-electron chi connectivity index (χ4n) is 8.11. The van der Waals surface area contributed by atoms with Gasteiger partial charge >= 0.3 is 11.9 Å². The molecule has 222 valence electrons. The summed E-state index contributed by atoms with van der Waals surface area (Å²) < 4.78 is 18.1. The second kappa shape index (κ2) is 9.85. The van der Waals surface area contributed by atoms with Crippen LogP contribution in [0.1, 0.15) is 66.4 Å². The van der Waals surface area contributed by atoms with E-state index in [9.17, 15) is 29.4 Å². The van der Waals surface area contributed by atoms with Crippen LogP contribution in [0.15, 0.2) is 41.5 Å². The van der Waals surface area contributed by atoms with Crippen molar-refractivity contribution in [3.8, 4) is 0 Å². The number of Topliss-reactive ketones (excluding diaryl/α,β-unsaturated/α-hetero) is 2. The van der Waals surface area contributed by atoms with Crippen LogP contribution in [0.3, 0.4) is 0 Å². The first-order valence-corrected chi connectivity index (χ1v) is 14.3. The predicted molar refractivity (Wildman–Crippen MR) is 146 cm³/mol. The number of aryl methyl sites for hydroxylation is 1. The highest BCUT2D eigenvalue weighted by atomic mass is 16.6. The molecule has 0 spiro atoms. The fraction of sp³-hybridized carbons (Fsp3) is 0.625. The van der Waals surface area contributed by atoms with Crippen LogP contribution in [0.2, 0.25) is 0 Å². The van der Waals surface area contributed by atoms with E-state index in [1.807, 2.05) is 37.3 Å². The van der Waals surface area contributed by atoms with E-state index in [0.29, 0.717) is 12.8 Å². The lowest BCUT2D eigenvalue weighted by Crippen LogP contribution is -2.80. The van der Waals surface area contributed by atoms with Gasteiger partial charge in [-0.15, -0.1) is 0 Å². The van der Waals surface area contributed by atoms with Gasteiger partial charge in [0.05, 0.1) is 12.5 Å². The van der Waals surface area contributed by atoms with Crippen molar-refractivity contribution in [2.45, 2.75) is 96.7 Å². The van der Waals surface area contributed by atoms with Crippen LogP contribution < -0.4 is 0 Å². The van der Waals surface area contributed by atoms with Crippen LogP contribution in [0.5, 0.6) is 0 Å². The highest BCUT2D eigenvalue weighted by Crippen LogP contribution is 2.64. The normalized spacial score (nSPS) is 39.5. The molecule has 41 heavy (non-hydrogen) atoms. The molecule has 9 heteroatoms. The molecule has 3 aliphatic carbocycles. The number of allylic oxidation sites excluding steroid dienone is 1. The molecule has 6 unspecified atom stereocenters. The molecule has 0 radical (unpaired) electrons. The van der Waals surface area contributed by atoms with Crippen LogP contribution in [0, 0.1) is 22.7 Å². The van der Waals surface area contributed by atoms with Gasteiger partial charge in [0.15, 0.2) is 17.2 Å². The minimum atomic E-state index is -2.03. The minimum Gasteiger partial charge on any atom is -0.459 e. The standard InChI is InChI=1S/C32H40O9/c1-17-14-22-31(16-39-22,41-19(3)33)26-28(40-23(35)13-12-20-10-8-7-9-11-20)32(38)15-21(34)18(2)24(29(32,4)5)25(36)27(37)30(17,26)6/h7-11,17,22,25-26,28,36,38H,12-16H2,1-6H3/t17-,22?,25?,26?,28?,30+,31?,32?/m0/s1. The number of ketones is 2. The lowest BCUT2D eigenvalue weighted by molar-refractivity contribution is -0.340. The zero-order chi connectivity index (χ0) is 30.1. The lowest BCUT2D eigenvalue weighted by Gasteiger charge is -2.67. The third kappa shape index (κ3) is 4.14. The summed E-state index contributed by atoms with van der Waals surface area (Å²) in [5.74, 6) is -3.74. The Balaban J connectivity index is 1.71. The Morgan fingerprint density at radius 2 is 1.78 bits per heavy atom. The molecule has 1 aromatic carbocycles. The Morgan fingerprint density at radius 3 is 2.37 bits per heavy atom. The van der Waals surface area contributed by atoms with Crippen molar-refractivity contribution in [1.29, 1.82) is 0 Å². The number of carbonyl (C=O) groups is 4. The zero-order valence-electron chi connectivity index (χ0n) is 24.6. The van der Waals surface area contributed by atoms with Gasteiger partial charge in [0, 0.05) is 30.6 Å². The smallest absolute Gasteiger partial charge is 0.306 e. The summed E-state index contributed by atoms with van der Waals surface area (Å²) in [6.07, 6.45) is -3.39. The first-order chi connectivity index (χ1) is 19.1. The molecule has 9 nitrogen and oxygen atoms in total. The van der Waals surface area contributed by atoms with E-state index in [2.05, 4.69) is 0 Å². The summed E-state index contributed by atoms with van der Waals surface area (Å²) in [4.78, 5) is 53.9. The first-order valence-electron chi connectivity index (χ1n) is 14.3. The van der Waals surface area contributed by atoms with Crippen molar-refractivity contribution in [3.05, 3.63) is 47.0 Å². The van der Waals surface area contributed by atoms with Crippen molar-refractivity contribution in [1.82, 2.24) is 0 Å². The van der Waals surface area contributed by atoms with Crippen molar-refractivity contribution in [2.75, 3.05) is 6.61 Å². The Kier molecular flexibility index (Phi) is 7.11. The highest BCUT2D eigenvalue weighted by Gasteiger charge is 2.77. The lowest BCUT2D eigenvalue weighted by atomic mass is 9.43. The van der Waals surface area contributed by atoms with E-state index in [1.165, 1.54) is 6.92 Å². The molecule has 2 saturated carbocycles. The number of aliphatic hydroxyl groups excluding tert-OH is 1. The van der Waals surface area contributed by atoms with Crippen molar-refractivity contribution in [3.63, 3.8) is 0 Å². The minimum absolute atomic E-state index is 0.0112. The van der Waals surface area contributed by atoms with Crippen LogP contribution in [-0.2, 0) is 39.8 Å². The van der Waals surface area contributed by atoms with Gasteiger partial charge in [-0.1, -0.05) is 58.0 Å². The second-order valence-corrected chi connectivity index (χ2v) is 13.1. The van der Waals surface area contributed by atoms with Crippen LogP contribution in [0.4, 0.5) is 0 Å². The molecular weight excluding hydrogens is 528 g/mol. The third-order valence-electron chi connectivity index (χ3n) is 10.7. The molecule has 1 aromatic rings. The molecule has 0 amide bonds. The number of ether oxygens (including phenoxy) is 3. The summed E-state index contributed by atoms with van der Waals surface area (Å²) in [5.41, 5.74) is -4.92. The molecule has 1 heterocycles. The van der Waals surface area contributed by atoms with Gasteiger partial charge in [-0.05, 0) is 42.4 Å². The average molecular weight is 569 g/mol. The Labute approximate surface area is 240 Å². The maximum absolute atomic E-state index is 14.5. The van der Waals surface area contributed by atoms with Gasteiger partial charge in [-0.2, -0.15) is 0 Å². The molecule has 4 aliphatic rings.